The van der Waals surface area contributed by atoms with Crippen LogP contribution in [0.2, 0.25) is 0 Å². The first-order chi connectivity index (χ1) is 14.2. The van der Waals surface area contributed by atoms with Crippen molar-refractivity contribution in [1.29, 1.82) is 0 Å². The normalized spacial score (nSPS) is 14.0. The number of aromatic nitrogens is 2. The molecule has 0 radical (unpaired) electrons. The molecule has 150 valence electrons. The molecule has 0 spiro atoms. The van der Waals surface area contributed by atoms with Crippen LogP contribution in [0.1, 0.15) is 0 Å². The van der Waals surface area contributed by atoms with Crippen LogP contribution >= 0.6 is 0 Å². The lowest BCUT2D eigenvalue weighted by Crippen LogP contribution is -2.42. The van der Waals surface area contributed by atoms with E-state index in [9.17, 15) is 9.59 Å². The second-order valence-corrected chi connectivity index (χ2v) is 6.72. The minimum absolute atomic E-state index is 0.0158. The number of benzene rings is 2. The lowest BCUT2D eigenvalue weighted by molar-refractivity contribution is -0.137. The van der Waals surface area contributed by atoms with Crippen LogP contribution in [0, 0.1) is 0 Å². The molecular weight excluding hydrogens is 372 g/mol. The van der Waals surface area contributed by atoms with Crippen LogP contribution in [0.3, 0.4) is 0 Å². The van der Waals surface area contributed by atoms with E-state index in [2.05, 4.69) is 10.4 Å². The molecule has 1 N–H and O–H groups in total. The molecule has 1 aliphatic heterocycles. The second-order valence-electron chi connectivity index (χ2n) is 6.72. The van der Waals surface area contributed by atoms with Crippen molar-refractivity contribution < 1.29 is 19.1 Å². The zero-order valence-corrected chi connectivity index (χ0v) is 15.9. The molecule has 0 bridgehead atoms. The molecule has 0 atom stereocenters. The first-order valence-corrected chi connectivity index (χ1v) is 9.48. The smallest absolute Gasteiger partial charge is 0.260 e. The summed E-state index contributed by atoms with van der Waals surface area (Å²) >= 11 is 0. The van der Waals surface area contributed by atoms with Gasteiger partial charge >= 0.3 is 0 Å². The monoisotopic (exact) mass is 394 g/mol. The molecule has 0 aliphatic carbocycles. The van der Waals surface area contributed by atoms with Crippen LogP contribution in [0.15, 0.2) is 54.7 Å². The quantitative estimate of drug-likeness (QED) is 0.690. The third-order valence-corrected chi connectivity index (χ3v) is 4.71. The van der Waals surface area contributed by atoms with Crippen LogP contribution in [0.25, 0.3) is 10.9 Å². The van der Waals surface area contributed by atoms with Crippen molar-refractivity contribution in [2.75, 3.05) is 38.2 Å². The van der Waals surface area contributed by atoms with Crippen LogP contribution in [-0.2, 0) is 20.9 Å². The number of hydrogen-bond donors (Lipinski definition) is 1. The van der Waals surface area contributed by atoms with Crippen LogP contribution < -0.4 is 10.1 Å². The molecule has 0 saturated carbocycles. The van der Waals surface area contributed by atoms with E-state index >= 15 is 0 Å². The first kappa shape index (κ1) is 18.9. The van der Waals surface area contributed by atoms with Crippen LogP contribution in [0.4, 0.5) is 5.69 Å². The summed E-state index contributed by atoms with van der Waals surface area (Å²) in [7, 11) is 0. The zero-order chi connectivity index (χ0) is 20.1. The third-order valence-electron chi connectivity index (χ3n) is 4.71. The Kier molecular flexibility index (Phi) is 5.71. The Morgan fingerprint density at radius 3 is 2.62 bits per heavy atom. The number of para-hydroxylation sites is 1. The van der Waals surface area contributed by atoms with E-state index in [4.69, 9.17) is 9.47 Å². The molecule has 3 aromatic rings. The number of ether oxygens (including phenoxy) is 2. The van der Waals surface area contributed by atoms with Gasteiger partial charge in [-0.1, -0.05) is 18.2 Å². The summed E-state index contributed by atoms with van der Waals surface area (Å²) in [6, 6.07) is 14.7. The summed E-state index contributed by atoms with van der Waals surface area (Å²) in [4.78, 5) is 26.2. The van der Waals surface area contributed by atoms with Gasteiger partial charge in [0.25, 0.3) is 5.91 Å². The van der Waals surface area contributed by atoms with E-state index in [0.29, 0.717) is 37.7 Å². The number of nitrogens with one attached hydrogen (secondary N) is 1. The largest absolute Gasteiger partial charge is 0.484 e. The molecule has 1 aromatic heterocycles. The van der Waals surface area contributed by atoms with Crippen LogP contribution in [0.5, 0.6) is 5.75 Å². The van der Waals surface area contributed by atoms with Gasteiger partial charge in [0.1, 0.15) is 12.3 Å². The number of amides is 2. The topological polar surface area (TPSA) is 85.7 Å². The van der Waals surface area contributed by atoms with Gasteiger partial charge in [-0.2, -0.15) is 5.10 Å². The van der Waals surface area contributed by atoms with Crippen LogP contribution in [-0.4, -0.2) is 59.4 Å². The molecule has 4 rings (SSSR count). The van der Waals surface area contributed by atoms with E-state index in [1.807, 2.05) is 24.3 Å². The van der Waals surface area contributed by atoms with Gasteiger partial charge in [-0.05, 0) is 30.3 Å². The van der Waals surface area contributed by atoms with Gasteiger partial charge in [0, 0.05) is 24.2 Å². The van der Waals surface area contributed by atoms with Crippen molar-refractivity contribution in [1.82, 2.24) is 14.7 Å². The fraction of sp³-hybridized carbons (Fsp3) is 0.286. The fourth-order valence-electron chi connectivity index (χ4n) is 3.17. The van der Waals surface area contributed by atoms with Crippen molar-refractivity contribution in [3.8, 4) is 5.75 Å². The highest BCUT2D eigenvalue weighted by atomic mass is 16.5. The average molecular weight is 394 g/mol. The minimum atomic E-state index is -0.171. The van der Waals surface area contributed by atoms with Crippen molar-refractivity contribution in [2.45, 2.75) is 6.54 Å². The summed E-state index contributed by atoms with van der Waals surface area (Å²) in [5.41, 5.74) is 1.56. The van der Waals surface area contributed by atoms with Gasteiger partial charge < -0.3 is 19.7 Å². The van der Waals surface area contributed by atoms with E-state index in [1.54, 1.807) is 40.0 Å². The third kappa shape index (κ3) is 4.72. The summed E-state index contributed by atoms with van der Waals surface area (Å²) in [6.07, 6.45) is 1.74. The Bertz CT molecular complexity index is 993. The molecule has 2 amide bonds. The van der Waals surface area contributed by atoms with E-state index in [0.717, 1.165) is 10.9 Å². The Hall–Kier alpha value is -3.39. The minimum Gasteiger partial charge on any atom is -0.484 e. The van der Waals surface area contributed by atoms with E-state index in [1.165, 1.54) is 0 Å². The lowest BCUT2D eigenvalue weighted by Gasteiger charge is -2.26. The summed E-state index contributed by atoms with van der Waals surface area (Å²) in [5.74, 6) is 0.342. The van der Waals surface area contributed by atoms with Crippen molar-refractivity contribution >= 4 is 28.4 Å². The van der Waals surface area contributed by atoms with Gasteiger partial charge in [0.2, 0.25) is 5.91 Å². The Balaban J connectivity index is 1.28. The maximum absolute atomic E-state index is 12.3. The SMILES string of the molecule is O=C(Cn1ncc2ccccc21)Nc1ccc(OCC(=O)N2CCOCC2)cc1. The number of carbonyl (C=O) groups is 2. The van der Waals surface area contributed by atoms with Gasteiger partial charge in [-0.15, -0.1) is 0 Å². The highest BCUT2D eigenvalue weighted by Crippen LogP contribution is 2.17. The van der Waals surface area contributed by atoms with Gasteiger partial charge in [-0.25, -0.2) is 0 Å². The number of morpholine rings is 1. The standard InChI is InChI=1S/C21H22N4O4/c26-20(14-25-19-4-2-1-3-16(19)13-22-25)23-17-5-7-18(8-6-17)29-15-21(27)24-9-11-28-12-10-24/h1-8,13H,9-12,14-15H2,(H,23,26). The van der Waals surface area contributed by atoms with Crippen molar-refractivity contribution in [3.63, 3.8) is 0 Å². The zero-order valence-electron chi connectivity index (χ0n) is 15.9. The predicted octanol–water partition coefficient (Wildman–Crippen LogP) is 1.91. The summed E-state index contributed by atoms with van der Waals surface area (Å²) in [5, 5.41) is 8.10. The molecular formula is C21H22N4O4. The molecule has 2 aromatic carbocycles. The van der Waals surface area contributed by atoms with E-state index < -0.39 is 0 Å². The highest BCUT2D eigenvalue weighted by molar-refractivity contribution is 5.91. The maximum Gasteiger partial charge on any atom is 0.260 e. The molecule has 29 heavy (non-hydrogen) atoms. The number of hydrogen-bond acceptors (Lipinski definition) is 5. The molecule has 0 unspecified atom stereocenters. The summed E-state index contributed by atoms with van der Waals surface area (Å²) < 4.78 is 12.5. The van der Waals surface area contributed by atoms with E-state index in [-0.39, 0.29) is 25.0 Å². The average Bonchev–Trinajstić information content (AvgIpc) is 3.16. The van der Waals surface area contributed by atoms with Gasteiger partial charge in [-0.3, -0.25) is 14.3 Å². The first-order valence-electron chi connectivity index (χ1n) is 9.48. The molecule has 1 fully saturated rings. The molecule has 8 heteroatoms. The Morgan fingerprint density at radius 2 is 1.83 bits per heavy atom. The maximum atomic E-state index is 12.3. The van der Waals surface area contributed by atoms with Gasteiger partial charge in [0.15, 0.2) is 6.61 Å². The number of rotatable bonds is 6. The number of fused-ring (bicyclic) bond motifs is 1. The summed E-state index contributed by atoms with van der Waals surface area (Å²) in [6.45, 7) is 2.43. The number of nitrogens with zero attached hydrogens (tertiary/aromatic N) is 3. The molecule has 1 aliphatic rings. The lowest BCUT2D eigenvalue weighted by atomic mass is 10.2. The fourth-order valence-corrected chi connectivity index (χ4v) is 3.17. The van der Waals surface area contributed by atoms with Gasteiger partial charge in [0.05, 0.1) is 24.9 Å². The van der Waals surface area contributed by atoms with Crippen molar-refractivity contribution in [2.24, 2.45) is 0 Å². The van der Waals surface area contributed by atoms with Crippen molar-refractivity contribution in [3.05, 3.63) is 54.7 Å². The molecule has 1 saturated heterocycles. The highest BCUT2D eigenvalue weighted by Gasteiger charge is 2.17. The number of anilines is 1. The Morgan fingerprint density at radius 1 is 1.07 bits per heavy atom. The second kappa shape index (κ2) is 8.74. The molecule has 8 nitrogen and oxygen atoms in total. The number of carbonyl (C=O) groups excluding carboxylic acids is 2. The predicted molar refractivity (Wildman–Crippen MR) is 108 cm³/mol. The molecule has 2 heterocycles. The Labute approximate surface area is 168 Å².